The summed E-state index contributed by atoms with van der Waals surface area (Å²) in [7, 11) is 0. The fraction of sp³-hybridized carbons (Fsp3) is 0.500. The van der Waals surface area contributed by atoms with Crippen LogP contribution < -0.4 is 16.0 Å². The summed E-state index contributed by atoms with van der Waals surface area (Å²) in [5.41, 5.74) is 1.43. The molecule has 1 rings (SSSR count). The molecule has 0 radical (unpaired) electrons. The standard InChI is InChI=1S/C20H29N3O5/c1-12(2)10-21-20(27)22-16(24)11-28-19(26)17(13(3)4)23-18(25)15-8-6-14(5)7-9-15/h6-9,12-13,17H,10-11H2,1-5H3,(H,23,25)(H2,21,22,24,27)/t17-/m0/s1. The van der Waals surface area contributed by atoms with Gasteiger partial charge in [-0.15, -0.1) is 0 Å². The van der Waals surface area contributed by atoms with Gasteiger partial charge in [0.05, 0.1) is 0 Å². The number of amides is 4. The molecule has 0 spiro atoms. The van der Waals surface area contributed by atoms with E-state index in [1.807, 2.05) is 20.8 Å². The van der Waals surface area contributed by atoms with Gasteiger partial charge in [-0.1, -0.05) is 45.4 Å². The molecule has 0 bridgehead atoms. The lowest BCUT2D eigenvalue weighted by atomic mass is 10.0. The van der Waals surface area contributed by atoms with Crippen LogP contribution >= 0.6 is 0 Å². The van der Waals surface area contributed by atoms with Crippen LogP contribution in [0.25, 0.3) is 0 Å². The lowest BCUT2D eigenvalue weighted by Gasteiger charge is -2.20. The minimum atomic E-state index is -0.920. The third-order valence-corrected chi connectivity index (χ3v) is 3.79. The molecule has 154 valence electrons. The SMILES string of the molecule is Cc1ccc(C(=O)N[C@H](C(=O)OCC(=O)NC(=O)NCC(C)C)C(C)C)cc1. The summed E-state index contributed by atoms with van der Waals surface area (Å²) in [6.45, 7) is 9.05. The quantitative estimate of drug-likeness (QED) is 0.585. The van der Waals surface area contributed by atoms with Gasteiger partial charge in [0.15, 0.2) is 6.61 Å². The van der Waals surface area contributed by atoms with Gasteiger partial charge < -0.3 is 15.4 Å². The fourth-order valence-corrected chi connectivity index (χ4v) is 2.16. The summed E-state index contributed by atoms with van der Waals surface area (Å²) in [5, 5.41) is 7.22. The first-order chi connectivity index (χ1) is 13.1. The van der Waals surface area contributed by atoms with Gasteiger partial charge >= 0.3 is 12.0 Å². The lowest BCUT2D eigenvalue weighted by Crippen LogP contribution is -2.47. The van der Waals surface area contributed by atoms with Gasteiger partial charge in [0, 0.05) is 12.1 Å². The van der Waals surface area contributed by atoms with Gasteiger partial charge in [0.1, 0.15) is 6.04 Å². The number of aryl methyl sites for hydroxylation is 1. The maximum atomic E-state index is 12.3. The minimum absolute atomic E-state index is 0.239. The number of urea groups is 1. The van der Waals surface area contributed by atoms with E-state index >= 15 is 0 Å². The third-order valence-electron chi connectivity index (χ3n) is 3.79. The van der Waals surface area contributed by atoms with Crippen molar-refractivity contribution in [3.8, 4) is 0 Å². The average Bonchev–Trinajstić information content (AvgIpc) is 2.62. The Kier molecular flexibility index (Phi) is 9.14. The highest BCUT2D eigenvalue weighted by Gasteiger charge is 2.27. The van der Waals surface area contributed by atoms with E-state index in [1.54, 1.807) is 38.1 Å². The summed E-state index contributed by atoms with van der Waals surface area (Å²) in [6, 6.07) is 5.35. The largest absolute Gasteiger partial charge is 0.454 e. The number of hydrogen-bond donors (Lipinski definition) is 3. The molecule has 1 aromatic carbocycles. The van der Waals surface area contributed by atoms with Crippen molar-refractivity contribution in [3.05, 3.63) is 35.4 Å². The van der Waals surface area contributed by atoms with E-state index in [1.165, 1.54) is 0 Å². The molecular formula is C20H29N3O5. The van der Waals surface area contributed by atoms with Gasteiger partial charge in [0.25, 0.3) is 11.8 Å². The summed E-state index contributed by atoms with van der Waals surface area (Å²) in [4.78, 5) is 47.9. The number of rotatable bonds is 8. The van der Waals surface area contributed by atoms with Crippen molar-refractivity contribution in [1.29, 1.82) is 0 Å². The van der Waals surface area contributed by atoms with Crippen LogP contribution in [0.2, 0.25) is 0 Å². The number of imide groups is 1. The van der Waals surface area contributed by atoms with E-state index in [0.717, 1.165) is 5.56 Å². The second kappa shape index (κ2) is 11.1. The summed E-state index contributed by atoms with van der Waals surface area (Å²) < 4.78 is 4.96. The number of ether oxygens (including phenoxy) is 1. The molecule has 0 aromatic heterocycles. The number of nitrogens with one attached hydrogen (secondary N) is 3. The smallest absolute Gasteiger partial charge is 0.329 e. The topological polar surface area (TPSA) is 114 Å². The molecular weight excluding hydrogens is 362 g/mol. The van der Waals surface area contributed by atoms with E-state index in [4.69, 9.17) is 4.74 Å². The van der Waals surface area contributed by atoms with Crippen molar-refractivity contribution >= 4 is 23.8 Å². The Balaban J connectivity index is 2.55. The predicted molar refractivity (Wildman–Crippen MR) is 105 cm³/mol. The second-order valence-corrected chi connectivity index (χ2v) is 7.32. The van der Waals surface area contributed by atoms with Crippen molar-refractivity contribution in [2.45, 2.75) is 40.7 Å². The van der Waals surface area contributed by atoms with Gasteiger partial charge in [-0.05, 0) is 30.9 Å². The molecule has 3 N–H and O–H groups in total. The van der Waals surface area contributed by atoms with Crippen LogP contribution in [0.5, 0.6) is 0 Å². The van der Waals surface area contributed by atoms with Crippen LogP contribution in [0.3, 0.4) is 0 Å². The molecule has 1 aromatic rings. The van der Waals surface area contributed by atoms with Crippen LogP contribution in [-0.4, -0.2) is 43.0 Å². The van der Waals surface area contributed by atoms with Crippen LogP contribution in [0.15, 0.2) is 24.3 Å². The maximum absolute atomic E-state index is 12.3. The predicted octanol–water partition coefficient (Wildman–Crippen LogP) is 1.77. The molecule has 8 heteroatoms. The second-order valence-electron chi connectivity index (χ2n) is 7.32. The Morgan fingerprint density at radius 2 is 1.61 bits per heavy atom. The molecule has 0 aliphatic rings. The van der Waals surface area contributed by atoms with Crippen LogP contribution in [-0.2, 0) is 14.3 Å². The third kappa shape index (κ3) is 8.20. The van der Waals surface area contributed by atoms with Gasteiger partial charge in [-0.3, -0.25) is 14.9 Å². The summed E-state index contributed by atoms with van der Waals surface area (Å²) >= 11 is 0. The van der Waals surface area contributed by atoms with E-state index < -0.39 is 36.5 Å². The Bertz CT molecular complexity index is 698. The van der Waals surface area contributed by atoms with Crippen LogP contribution in [0, 0.1) is 18.8 Å². The van der Waals surface area contributed by atoms with Gasteiger partial charge in [-0.25, -0.2) is 9.59 Å². The molecule has 28 heavy (non-hydrogen) atoms. The number of hydrogen-bond acceptors (Lipinski definition) is 5. The Hall–Kier alpha value is -2.90. The molecule has 4 amide bonds. The van der Waals surface area contributed by atoms with Crippen molar-refractivity contribution in [2.75, 3.05) is 13.2 Å². The Labute approximate surface area is 165 Å². The first-order valence-corrected chi connectivity index (χ1v) is 9.22. The van der Waals surface area contributed by atoms with Gasteiger partial charge in [0.2, 0.25) is 0 Å². The van der Waals surface area contributed by atoms with Crippen molar-refractivity contribution in [3.63, 3.8) is 0 Å². The van der Waals surface area contributed by atoms with Crippen LogP contribution in [0.1, 0.15) is 43.6 Å². The highest BCUT2D eigenvalue weighted by atomic mass is 16.5. The number of esters is 1. The van der Waals surface area contributed by atoms with E-state index in [9.17, 15) is 19.2 Å². The van der Waals surface area contributed by atoms with Gasteiger partial charge in [-0.2, -0.15) is 0 Å². The molecule has 0 aliphatic carbocycles. The zero-order valence-electron chi connectivity index (χ0n) is 17.0. The molecule has 0 saturated heterocycles. The maximum Gasteiger partial charge on any atom is 0.329 e. The molecule has 1 atom stereocenters. The van der Waals surface area contributed by atoms with Crippen molar-refractivity contribution in [1.82, 2.24) is 16.0 Å². The fourth-order valence-electron chi connectivity index (χ4n) is 2.16. The van der Waals surface area contributed by atoms with E-state index in [0.29, 0.717) is 12.1 Å². The highest BCUT2D eigenvalue weighted by molar-refractivity contribution is 5.98. The molecule has 0 fully saturated rings. The molecule has 0 unspecified atom stereocenters. The van der Waals surface area contributed by atoms with Crippen LogP contribution in [0.4, 0.5) is 4.79 Å². The average molecular weight is 391 g/mol. The van der Waals surface area contributed by atoms with Crippen molar-refractivity contribution in [2.24, 2.45) is 11.8 Å². The molecule has 0 heterocycles. The number of benzene rings is 1. The lowest BCUT2D eigenvalue weighted by molar-refractivity contribution is -0.151. The van der Waals surface area contributed by atoms with E-state index in [-0.39, 0.29) is 11.8 Å². The Morgan fingerprint density at radius 1 is 1.00 bits per heavy atom. The minimum Gasteiger partial charge on any atom is -0.454 e. The Morgan fingerprint density at radius 3 is 2.14 bits per heavy atom. The molecule has 0 saturated carbocycles. The van der Waals surface area contributed by atoms with Crippen molar-refractivity contribution < 1.29 is 23.9 Å². The molecule has 8 nitrogen and oxygen atoms in total. The first kappa shape index (κ1) is 23.1. The highest BCUT2D eigenvalue weighted by Crippen LogP contribution is 2.08. The first-order valence-electron chi connectivity index (χ1n) is 9.22. The van der Waals surface area contributed by atoms with E-state index in [2.05, 4.69) is 16.0 Å². The zero-order chi connectivity index (χ0) is 21.3. The monoisotopic (exact) mass is 391 g/mol. The zero-order valence-corrected chi connectivity index (χ0v) is 17.0. The molecule has 0 aliphatic heterocycles. The normalized spacial score (nSPS) is 11.7. The summed E-state index contributed by atoms with van der Waals surface area (Å²) in [6.07, 6.45) is 0. The summed E-state index contributed by atoms with van der Waals surface area (Å²) in [5.74, 6) is -1.91. The number of carbonyl (C=O) groups is 4. The number of carbonyl (C=O) groups excluding carboxylic acids is 4.